The van der Waals surface area contributed by atoms with E-state index in [-0.39, 0.29) is 6.04 Å². The van der Waals surface area contributed by atoms with Gasteiger partial charge in [0.05, 0.1) is 7.11 Å². The summed E-state index contributed by atoms with van der Waals surface area (Å²) in [5.74, 6) is 1.96. The lowest BCUT2D eigenvalue weighted by Gasteiger charge is -2.23. The normalized spacial score (nSPS) is 13.2. The molecule has 150 valence electrons. The van der Waals surface area contributed by atoms with Crippen molar-refractivity contribution in [1.82, 2.24) is 4.98 Å². The van der Waals surface area contributed by atoms with E-state index in [4.69, 9.17) is 26.8 Å². The van der Waals surface area contributed by atoms with Gasteiger partial charge in [-0.25, -0.2) is 9.78 Å². The summed E-state index contributed by atoms with van der Waals surface area (Å²) in [5.41, 5.74) is 8.67. The maximum absolute atomic E-state index is 11.4. The fourth-order valence-corrected chi connectivity index (χ4v) is 3.37. The summed E-state index contributed by atoms with van der Waals surface area (Å²) in [6, 6.07) is 5.38. The van der Waals surface area contributed by atoms with E-state index in [2.05, 4.69) is 28.9 Å². The first-order valence-electron chi connectivity index (χ1n) is 9.07. The lowest BCUT2D eigenvalue weighted by molar-refractivity contribution is 0.187. The van der Waals surface area contributed by atoms with Crippen molar-refractivity contribution < 1.29 is 19.0 Å². The van der Waals surface area contributed by atoms with Crippen LogP contribution in [-0.4, -0.2) is 30.8 Å². The van der Waals surface area contributed by atoms with E-state index < -0.39 is 6.09 Å². The Morgan fingerprint density at radius 1 is 1.39 bits per heavy atom. The van der Waals surface area contributed by atoms with Gasteiger partial charge in [-0.1, -0.05) is 25.4 Å². The summed E-state index contributed by atoms with van der Waals surface area (Å²) >= 11 is 6.53. The van der Waals surface area contributed by atoms with Crippen molar-refractivity contribution in [2.24, 2.45) is 11.7 Å². The summed E-state index contributed by atoms with van der Waals surface area (Å²) in [7, 11) is 1.30. The molecular weight excluding hydrogens is 382 g/mol. The smallest absolute Gasteiger partial charge is 0.412 e. The topological polar surface area (TPSA) is 95.7 Å². The second-order valence-corrected chi connectivity index (χ2v) is 7.46. The zero-order chi connectivity index (χ0) is 20.3. The Morgan fingerprint density at radius 3 is 2.89 bits per heavy atom. The number of carbonyl (C=O) groups is 1. The average molecular weight is 406 g/mol. The van der Waals surface area contributed by atoms with Crippen molar-refractivity contribution in [3.63, 3.8) is 0 Å². The van der Waals surface area contributed by atoms with Gasteiger partial charge in [-0.2, -0.15) is 0 Å². The maximum atomic E-state index is 11.4. The molecule has 0 aliphatic carbocycles. The molecule has 0 fully saturated rings. The van der Waals surface area contributed by atoms with Crippen LogP contribution >= 0.6 is 11.6 Å². The molecule has 3 N–H and O–H groups in total. The summed E-state index contributed by atoms with van der Waals surface area (Å²) in [6.45, 7) is 4.94. The lowest BCUT2D eigenvalue weighted by Crippen LogP contribution is -2.29. The van der Waals surface area contributed by atoms with Crippen molar-refractivity contribution in [3.8, 4) is 22.6 Å². The monoisotopic (exact) mass is 405 g/mol. The molecule has 1 aromatic heterocycles. The Hall–Kier alpha value is -2.51. The number of methoxy groups -OCH3 is 1. The first-order valence-corrected chi connectivity index (χ1v) is 9.44. The zero-order valence-corrected chi connectivity index (χ0v) is 16.9. The van der Waals surface area contributed by atoms with E-state index in [9.17, 15) is 4.79 Å². The average Bonchev–Trinajstić information content (AvgIpc) is 2.66. The molecule has 1 aliphatic rings. The molecule has 8 heteroatoms. The number of halogens is 1. The van der Waals surface area contributed by atoms with Crippen LogP contribution in [0.4, 0.5) is 10.6 Å². The number of hydrogen-bond acceptors (Lipinski definition) is 6. The van der Waals surface area contributed by atoms with E-state index in [0.29, 0.717) is 41.5 Å². The standard InChI is InChI=1S/C20H24ClN3O4/c1-11(2)6-13(22)10-27-16-5-4-14-15-7-17(24-20(25)26-3)23-8-12(15)9-28-19(14)18(16)21/h4-5,7-8,11,13H,6,9-10,22H2,1-3H3,(H,23,24,25)/t13-/m0/s1. The Bertz CT molecular complexity index is 873. The number of hydrogen-bond donors (Lipinski definition) is 2. The van der Waals surface area contributed by atoms with Crippen LogP contribution in [0.3, 0.4) is 0 Å². The van der Waals surface area contributed by atoms with Gasteiger partial charge in [0.2, 0.25) is 0 Å². The van der Waals surface area contributed by atoms with Gasteiger partial charge in [-0.15, -0.1) is 0 Å². The summed E-state index contributed by atoms with van der Waals surface area (Å²) in [4.78, 5) is 15.6. The number of pyridine rings is 1. The highest BCUT2D eigenvalue weighted by atomic mass is 35.5. The number of aromatic nitrogens is 1. The number of anilines is 1. The van der Waals surface area contributed by atoms with Crippen LogP contribution in [0.25, 0.3) is 11.1 Å². The predicted molar refractivity (Wildman–Crippen MR) is 108 cm³/mol. The van der Waals surface area contributed by atoms with Crippen LogP contribution in [0, 0.1) is 5.92 Å². The minimum atomic E-state index is -0.584. The molecule has 1 amide bonds. The molecule has 0 spiro atoms. The van der Waals surface area contributed by atoms with Gasteiger partial charge in [0.15, 0.2) is 0 Å². The molecule has 0 radical (unpaired) electrons. The Morgan fingerprint density at radius 2 is 2.18 bits per heavy atom. The summed E-state index contributed by atoms with van der Waals surface area (Å²) < 4.78 is 16.3. The number of rotatable bonds is 6. The summed E-state index contributed by atoms with van der Waals surface area (Å²) in [5, 5.41) is 2.96. The molecule has 0 bridgehead atoms. The third-order valence-electron chi connectivity index (χ3n) is 4.35. The molecule has 2 heterocycles. The van der Waals surface area contributed by atoms with Crippen molar-refractivity contribution in [2.45, 2.75) is 32.9 Å². The highest BCUT2D eigenvalue weighted by Crippen LogP contribution is 2.46. The fourth-order valence-electron chi connectivity index (χ4n) is 3.10. The molecule has 1 aromatic carbocycles. The number of nitrogens with zero attached hydrogens (tertiary/aromatic N) is 1. The van der Waals surface area contributed by atoms with Gasteiger partial charge < -0.3 is 19.9 Å². The van der Waals surface area contributed by atoms with Gasteiger partial charge in [0, 0.05) is 23.4 Å². The van der Waals surface area contributed by atoms with Gasteiger partial charge >= 0.3 is 6.09 Å². The Balaban J connectivity index is 1.84. The zero-order valence-electron chi connectivity index (χ0n) is 16.1. The van der Waals surface area contributed by atoms with Crippen molar-refractivity contribution >= 4 is 23.5 Å². The molecular formula is C20H24ClN3O4. The predicted octanol–water partition coefficient (Wildman–Crippen LogP) is 4.22. The fraction of sp³-hybridized carbons (Fsp3) is 0.400. The van der Waals surface area contributed by atoms with E-state index in [1.165, 1.54) is 7.11 Å². The third kappa shape index (κ3) is 4.48. The minimum Gasteiger partial charge on any atom is -0.490 e. The quantitative estimate of drug-likeness (QED) is 0.746. The van der Waals surface area contributed by atoms with Crippen molar-refractivity contribution in [1.29, 1.82) is 0 Å². The van der Waals surface area contributed by atoms with Gasteiger partial charge in [0.1, 0.15) is 35.6 Å². The number of carbonyl (C=O) groups excluding carboxylic acids is 1. The first kappa shape index (κ1) is 20.2. The lowest BCUT2D eigenvalue weighted by atomic mass is 9.98. The van der Waals surface area contributed by atoms with Gasteiger partial charge in [-0.3, -0.25) is 5.32 Å². The highest BCUT2D eigenvalue weighted by molar-refractivity contribution is 6.34. The van der Waals surface area contributed by atoms with Crippen LogP contribution in [0.5, 0.6) is 11.5 Å². The third-order valence-corrected chi connectivity index (χ3v) is 4.71. The molecule has 1 atom stereocenters. The number of fused-ring (bicyclic) bond motifs is 3. The van der Waals surface area contributed by atoms with Crippen LogP contribution in [0.1, 0.15) is 25.8 Å². The number of nitrogens with two attached hydrogens (primary N) is 1. The SMILES string of the molecule is COC(=O)Nc1cc2c(cn1)COc1c-2ccc(OC[C@@H](N)CC(C)C)c1Cl. The number of benzene rings is 1. The van der Waals surface area contributed by atoms with Crippen LogP contribution in [0.15, 0.2) is 24.4 Å². The van der Waals surface area contributed by atoms with E-state index in [0.717, 1.165) is 23.1 Å². The first-order chi connectivity index (χ1) is 13.4. The van der Waals surface area contributed by atoms with E-state index in [1.807, 2.05) is 6.07 Å². The molecule has 3 rings (SSSR count). The largest absolute Gasteiger partial charge is 0.490 e. The number of nitrogens with one attached hydrogen (secondary N) is 1. The molecule has 0 unspecified atom stereocenters. The van der Waals surface area contributed by atoms with Crippen molar-refractivity contribution in [2.75, 3.05) is 19.0 Å². The minimum absolute atomic E-state index is 0.0632. The van der Waals surface area contributed by atoms with Gasteiger partial charge in [-0.05, 0) is 36.1 Å². The summed E-state index contributed by atoms with van der Waals surface area (Å²) in [6.07, 6.45) is 1.95. The molecule has 1 aliphatic heterocycles. The second-order valence-electron chi connectivity index (χ2n) is 7.09. The van der Waals surface area contributed by atoms with E-state index in [1.54, 1.807) is 18.3 Å². The van der Waals surface area contributed by atoms with Crippen molar-refractivity contribution in [3.05, 3.63) is 35.0 Å². The van der Waals surface area contributed by atoms with Gasteiger partial charge in [0.25, 0.3) is 0 Å². The van der Waals surface area contributed by atoms with E-state index >= 15 is 0 Å². The molecule has 7 nitrogen and oxygen atoms in total. The Kier molecular flexibility index (Phi) is 6.26. The second kappa shape index (κ2) is 8.67. The van der Waals surface area contributed by atoms with Crippen LogP contribution in [0.2, 0.25) is 5.02 Å². The molecule has 0 saturated heterocycles. The maximum Gasteiger partial charge on any atom is 0.412 e. The van der Waals surface area contributed by atoms with Crippen LogP contribution in [-0.2, 0) is 11.3 Å². The van der Waals surface area contributed by atoms with Crippen LogP contribution < -0.4 is 20.5 Å². The molecule has 28 heavy (non-hydrogen) atoms. The Labute approximate surface area is 169 Å². The number of ether oxygens (including phenoxy) is 3. The highest BCUT2D eigenvalue weighted by Gasteiger charge is 2.23. The number of amides is 1. The molecule has 0 saturated carbocycles. The molecule has 2 aromatic rings.